The minimum atomic E-state index is -2.16. The average molecular weight is 241 g/mol. The molecule has 0 saturated carbocycles. The molecule has 8 N–H and O–H groups in total. The zero-order valence-electron chi connectivity index (χ0n) is 8.17. The average Bonchev–Trinajstić information content (AvgIpc) is 2.23. The van der Waals surface area contributed by atoms with E-state index >= 15 is 0 Å². The molecule has 0 aliphatic rings. The molecule has 16 heavy (non-hydrogen) atoms. The lowest BCUT2D eigenvalue weighted by molar-refractivity contribution is -0.189. The van der Waals surface area contributed by atoms with Gasteiger partial charge < -0.3 is 41.1 Å². The number of aliphatic hydroxyl groups is 6. The van der Waals surface area contributed by atoms with Crippen LogP contribution < -0.4 is 5.73 Å². The first-order chi connectivity index (χ1) is 7.31. The summed E-state index contributed by atoms with van der Waals surface area (Å²) >= 11 is 0. The number of primary amides is 1. The van der Waals surface area contributed by atoms with Gasteiger partial charge in [-0.15, -0.1) is 0 Å². The number of aliphatic hydroxyl groups excluding tert-OH is 6. The molecular weight excluding hydrogens is 226 g/mol. The van der Waals surface area contributed by atoms with Crippen molar-refractivity contribution in [3.8, 4) is 0 Å². The fourth-order valence-electron chi connectivity index (χ4n) is 0.895. The zero-order chi connectivity index (χ0) is 12.9. The Labute approximate surface area is 90.3 Å². The number of hydrogen-bond acceptors (Lipinski definition) is 8. The Bertz CT molecular complexity index is 224. The van der Waals surface area contributed by atoms with Crippen molar-refractivity contribution in [1.29, 1.82) is 0 Å². The van der Waals surface area contributed by atoms with Gasteiger partial charge in [-0.2, -0.15) is 0 Å². The fourth-order valence-corrected chi connectivity index (χ4v) is 0.895. The normalized spacial score (nSPS) is 20.6. The predicted octanol–water partition coefficient (Wildman–Crippen LogP) is -4.16. The molecule has 0 aromatic heterocycles. The highest BCUT2D eigenvalue weighted by atomic mass is 16.7. The molecule has 5 atom stereocenters. The lowest BCUT2D eigenvalue weighted by Gasteiger charge is -2.27. The maximum Gasteiger partial charge on any atom is 0.406 e. The molecule has 0 aromatic carbocycles. The first-order valence-corrected chi connectivity index (χ1v) is 4.28. The molecule has 9 heteroatoms. The van der Waals surface area contributed by atoms with E-state index in [9.17, 15) is 9.90 Å². The Morgan fingerprint density at radius 1 is 1.06 bits per heavy atom. The van der Waals surface area contributed by atoms with Gasteiger partial charge in [0.1, 0.15) is 24.4 Å². The molecule has 1 unspecified atom stereocenters. The molecule has 9 nitrogen and oxygen atoms in total. The standard InChI is InChI=1S/C7H15NO8/c8-7(15)16-6(14)5(13)4(12)3(11)2(10)1-9/h2-6,9-14H,1H2,(H2,8,15)/t2-,3-,4+,5+,6?/m1/s1. The SMILES string of the molecule is NC(=O)OC(O)[C@@H](O)[C@@H](O)[C@H](O)[C@H](O)CO. The van der Waals surface area contributed by atoms with Crippen molar-refractivity contribution in [2.24, 2.45) is 5.73 Å². The number of carbonyl (C=O) groups is 1. The first-order valence-electron chi connectivity index (χ1n) is 4.28. The van der Waals surface area contributed by atoms with Gasteiger partial charge >= 0.3 is 6.09 Å². The van der Waals surface area contributed by atoms with E-state index in [-0.39, 0.29) is 0 Å². The highest BCUT2D eigenvalue weighted by Gasteiger charge is 2.35. The van der Waals surface area contributed by atoms with Gasteiger partial charge in [0, 0.05) is 0 Å². The van der Waals surface area contributed by atoms with Crippen LogP contribution in [0.1, 0.15) is 0 Å². The van der Waals surface area contributed by atoms with Crippen LogP contribution >= 0.6 is 0 Å². The number of carbonyl (C=O) groups excluding carboxylic acids is 1. The molecule has 0 aliphatic heterocycles. The summed E-state index contributed by atoms with van der Waals surface area (Å²) in [4.78, 5) is 10.2. The van der Waals surface area contributed by atoms with Crippen LogP contribution in [-0.4, -0.2) is 74.0 Å². The summed E-state index contributed by atoms with van der Waals surface area (Å²) < 4.78 is 3.93. The van der Waals surface area contributed by atoms with Crippen molar-refractivity contribution in [2.75, 3.05) is 6.61 Å². The second kappa shape index (κ2) is 6.58. The van der Waals surface area contributed by atoms with E-state index in [1.807, 2.05) is 0 Å². The lowest BCUT2D eigenvalue weighted by atomic mass is 10.0. The van der Waals surface area contributed by atoms with E-state index in [0.717, 1.165) is 0 Å². The first kappa shape index (κ1) is 15.0. The van der Waals surface area contributed by atoms with E-state index in [0.29, 0.717) is 0 Å². The third kappa shape index (κ3) is 4.26. The van der Waals surface area contributed by atoms with Gasteiger partial charge in [-0.3, -0.25) is 0 Å². The fraction of sp³-hybridized carbons (Fsp3) is 0.857. The maximum atomic E-state index is 10.2. The van der Waals surface area contributed by atoms with E-state index in [2.05, 4.69) is 10.5 Å². The molecule has 0 heterocycles. The summed E-state index contributed by atoms with van der Waals surface area (Å²) in [5.41, 5.74) is 4.53. The maximum absolute atomic E-state index is 10.2. The minimum absolute atomic E-state index is 0.863. The van der Waals surface area contributed by atoms with Crippen molar-refractivity contribution in [3.05, 3.63) is 0 Å². The smallest absolute Gasteiger partial charge is 0.406 e. The Morgan fingerprint density at radius 3 is 1.94 bits per heavy atom. The number of rotatable bonds is 6. The molecular formula is C7H15NO8. The van der Waals surface area contributed by atoms with Crippen LogP contribution in [-0.2, 0) is 4.74 Å². The molecule has 0 bridgehead atoms. The molecule has 1 amide bonds. The largest absolute Gasteiger partial charge is 0.417 e. The molecule has 0 fully saturated rings. The van der Waals surface area contributed by atoms with Gasteiger partial charge in [0.2, 0.25) is 6.29 Å². The Hall–Kier alpha value is -0.970. The summed E-state index contributed by atoms with van der Waals surface area (Å²) in [6, 6.07) is 0. The van der Waals surface area contributed by atoms with Crippen molar-refractivity contribution < 1.29 is 40.2 Å². The van der Waals surface area contributed by atoms with Crippen LogP contribution in [0, 0.1) is 0 Å². The molecule has 0 aromatic rings. The Balaban J connectivity index is 4.35. The van der Waals surface area contributed by atoms with Crippen LogP contribution in [0.2, 0.25) is 0 Å². The quantitative estimate of drug-likeness (QED) is 0.229. The Morgan fingerprint density at radius 2 is 1.56 bits per heavy atom. The molecule has 0 spiro atoms. The van der Waals surface area contributed by atoms with E-state index < -0.39 is 43.4 Å². The van der Waals surface area contributed by atoms with E-state index in [4.69, 9.17) is 25.5 Å². The molecule has 0 rings (SSSR count). The van der Waals surface area contributed by atoms with Gasteiger partial charge in [-0.1, -0.05) is 0 Å². The van der Waals surface area contributed by atoms with Crippen LogP contribution in [0.3, 0.4) is 0 Å². The topological polar surface area (TPSA) is 174 Å². The van der Waals surface area contributed by atoms with Gasteiger partial charge in [-0.25, -0.2) is 4.79 Å². The number of nitrogens with two attached hydrogens (primary N) is 1. The van der Waals surface area contributed by atoms with Crippen LogP contribution in [0.5, 0.6) is 0 Å². The minimum Gasteiger partial charge on any atom is -0.417 e. The predicted molar refractivity (Wildman–Crippen MR) is 47.8 cm³/mol. The van der Waals surface area contributed by atoms with Gasteiger partial charge in [0.05, 0.1) is 6.61 Å². The zero-order valence-corrected chi connectivity index (χ0v) is 8.17. The van der Waals surface area contributed by atoms with Crippen LogP contribution in [0.4, 0.5) is 4.79 Å². The van der Waals surface area contributed by atoms with Crippen molar-refractivity contribution >= 4 is 6.09 Å². The summed E-state index contributed by atoms with van der Waals surface area (Å²) in [7, 11) is 0. The van der Waals surface area contributed by atoms with E-state index in [1.165, 1.54) is 0 Å². The summed E-state index contributed by atoms with van der Waals surface area (Å²) in [5, 5.41) is 53.9. The van der Waals surface area contributed by atoms with Gasteiger partial charge in [0.15, 0.2) is 0 Å². The van der Waals surface area contributed by atoms with Crippen molar-refractivity contribution in [1.82, 2.24) is 0 Å². The van der Waals surface area contributed by atoms with Crippen LogP contribution in [0.15, 0.2) is 0 Å². The van der Waals surface area contributed by atoms with Crippen molar-refractivity contribution in [2.45, 2.75) is 30.7 Å². The highest BCUT2D eigenvalue weighted by molar-refractivity contribution is 5.64. The second-order valence-electron chi connectivity index (χ2n) is 3.05. The lowest BCUT2D eigenvalue weighted by Crippen LogP contribution is -2.51. The third-order valence-electron chi connectivity index (χ3n) is 1.81. The monoisotopic (exact) mass is 241 g/mol. The molecule has 0 aliphatic carbocycles. The third-order valence-corrected chi connectivity index (χ3v) is 1.81. The van der Waals surface area contributed by atoms with Crippen LogP contribution in [0.25, 0.3) is 0 Å². The molecule has 96 valence electrons. The number of ether oxygens (including phenoxy) is 1. The van der Waals surface area contributed by atoms with E-state index in [1.54, 1.807) is 0 Å². The summed E-state index contributed by atoms with van der Waals surface area (Å²) in [6.45, 7) is -0.863. The number of hydrogen-bond donors (Lipinski definition) is 7. The van der Waals surface area contributed by atoms with Gasteiger partial charge in [-0.05, 0) is 0 Å². The Kier molecular flexibility index (Phi) is 6.18. The summed E-state index contributed by atoms with van der Waals surface area (Å²) in [5.74, 6) is 0. The van der Waals surface area contributed by atoms with Crippen molar-refractivity contribution in [3.63, 3.8) is 0 Å². The number of amides is 1. The second-order valence-corrected chi connectivity index (χ2v) is 3.05. The summed E-state index contributed by atoms with van der Waals surface area (Å²) in [6.07, 6.45) is -11.3. The molecule has 0 saturated heterocycles. The van der Waals surface area contributed by atoms with Gasteiger partial charge in [0.25, 0.3) is 0 Å². The molecule has 0 radical (unpaired) electrons. The highest BCUT2D eigenvalue weighted by Crippen LogP contribution is 2.09.